The number of benzene rings is 2. The summed E-state index contributed by atoms with van der Waals surface area (Å²) in [6.07, 6.45) is 6.75. The Hall–Kier alpha value is -4.71. The number of carbonyl (C=O) groups is 1. The van der Waals surface area contributed by atoms with Crippen LogP contribution in [0, 0.1) is 17.5 Å². The second-order valence-electron chi connectivity index (χ2n) is 8.39. The number of likely N-dealkylation sites (N-methyl/N-ethyl adjacent to an activating group) is 1. The van der Waals surface area contributed by atoms with Gasteiger partial charge in [-0.2, -0.15) is 10.1 Å². The Morgan fingerprint density at radius 2 is 1.87 bits per heavy atom. The third-order valence-electron chi connectivity index (χ3n) is 5.03. The zero-order chi connectivity index (χ0) is 29.7. The summed E-state index contributed by atoms with van der Waals surface area (Å²) >= 11 is 0. The van der Waals surface area contributed by atoms with E-state index < -0.39 is 30.3 Å². The number of halogens is 3. The highest BCUT2D eigenvalue weighted by molar-refractivity contribution is 5.99. The Balaban J connectivity index is 1.67. The topological polar surface area (TPSA) is 100 Å². The van der Waals surface area contributed by atoms with Crippen molar-refractivity contribution in [2.24, 2.45) is 6.98 Å². The molecule has 9 nitrogen and oxygen atoms in total. The summed E-state index contributed by atoms with van der Waals surface area (Å²) in [6.45, 7) is -1.95. The lowest BCUT2D eigenvalue weighted by Gasteiger charge is -2.15. The highest BCUT2D eigenvalue weighted by Gasteiger charge is 2.15. The Kier molecular flexibility index (Phi) is 6.84. The molecule has 38 heavy (non-hydrogen) atoms. The second-order valence-corrected chi connectivity index (χ2v) is 8.39. The monoisotopic (exact) mass is 525 g/mol. The van der Waals surface area contributed by atoms with Crippen LogP contribution in [0.25, 0.3) is 11.1 Å². The third-order valence-corrected chi connectivity index (χ3v) is 5.03. The first-order valence-electron chi connectivity index (χ1n) is 12.7. The molecule has 0 aliphatic rings. The first-order valence-corrected chi connectivity index (χ1v) is 11.2. The molecule has 0 saturated heterocycles. The molecular weight excluding hydrogens is 497 g/mol. The van der Waals surface area contributed by atoms with E-state index in [2.05, 4.69) is 31.0 Å². The van der Waals surface area contributed by atoms with E-state index in [-0.39, 0.29) is 40.0 Å². The van der Waals surface area contributed by atoms with Gasteiger partial charge in [-0.15, -0.1) is 0 Å². The molecule has 2 heterocycles. The van der Waals surface area contributed by atoms with Crippen LogP contribution in [-0.4, -0.2) is 51.2 Å². The summed E-state index contributed by atoms with van der Waals surface area (Å²) < 4.78 is 66.0. The predicted octanol–water partition coefficient (Wildman–Crippen LogP) is 4.84. The summed E-state index contributed by atoms with van der Waals surface area (Å²) in [4.78, 5) is 22.6. The molecule has 4 rings (SSSR count). The van der Waals surface area contributed by atoms with Gasteiger partial charge in [0.1, 0.15) is 23.3 Å². The smallest absolute Gasteiger partial charge is 0.248 e. The van der Waals surface area contributed by atoms with Crippen LogP contribution in [0.1, 0.15) is 4.11 Å². The van der Waals surface area contributed by atoms with Gasteiger partial charge < -0.3 is 20.9 Å². The number of rotatable bonds is 9. The number of amides is 1. The fourth-order valence-electron chi connectivity index (χ4n) is 3.36. The minimum absolute atomic E-state index is 0.0380. The van der Waals surface area contributed by atoms with Gasteiger partial charge in [0.25, 0.3) is 0 Å². The normalized spacial score (nSPS) is 12.7. The molecule has 0 bridgehead atoms. The number of hydrogen-bond acceptors (Lipinski definition) is 7. The summed E-state index contributed by atoms with van der Waals surface area (Å²) in [5, 5.41) is 12.0. The number of aromatic nitrogens is 4. The standard InChI is InChI=1S/C26H25F3N8O/c1-36(2)8-4-5-24(38)32-19-6-7-22(29)23(12-19)34-25-21(16-9-17(27)11-18(28)10-16)14-30-26(35-25)33-20-13-31-37(3)15-20/h4-7,9-15H,8H2,1-3H3,(H,32,38)(H2,30,33,34,35)/b5-4+/i3D3. The SMILES string of the molecule is [2H]C([2H])([2H])n1cc(Nc2ncc(-c3cc(F)cc(F)c3)c(Nc3cc(NC(=O)/C=C/CN(C)C)ccc3F)n2)cn1. The summed E-state index contributed by atoms with van der Waals surface area (Å²) in [6, 6.07) is 6.66. The molecule has 0 unspecified atom stereocenters. The van der Waals surface area contributed by atoms with Crippen LogP contribution >= 0.6 is 0 Å². The average Bonchev–Trinajstić information content (AvgIpc) is 3.35. The molecule has 0 fully saturated rings. The van der Waals surface area contributed by atoms with Crippen LogP contribution in [0.4, 0.5) is 42.0 Å². The lowest BCUT2D eigenvalue weighted by atomic mass is 10.1. The van der Waals surface area contributed by atoms with Gasteiger partial charge in [0.15, 0.2) is 0 Å². The van der Waals surface area contributed by atoms with Gasteiger partial charge in [0.05, 0.1) is 17.6 Å². The first kappa shape index (κ1) is 22.5. The maximum atomic E-state index is 14.9. The van der Waals surface area contributed by atoms with Gasteiger partial charge in [-0.05, 0) is 50.0 Å². The van der Waals surface area contributed by atoms with Crippen LogP contribution in [-0.2, 0) is 11.8 Å². The lowest BCUT2D eigenvalue weighted by Crippen LogP contribution is -2.13. The maximum absolute atomic E-state index is 14.9. The van der Waals surface area contributed by atoms with Gasteiger partial charge in [-0.1, -0.05) is 6.08 Å². The maximum Gasteiger partial charge on any atom is 0.248 e. The Bertz CT molecular complexity index is 1570. The molecule has 4 aromatic rings. The molecule has 0 saturated carbocycles. The second kappa shape index (κ2) is 11.6. The van der Waals surface area contributed by atoms with Crippen molar-refractivity contribution in [3.63, 3.8) is 0 Å². The van der Waals surface area contributed by atoms with Crippen LogP contribution < -0.4 is 16.0 Å². The van der Waals surface area contributed by atoms with E-state index in [0.29, 0.717) is 12.6 Å². The zero-order valence-corrected chi connectivity index (χ0v) is 20.3. The largest absolute Gasteiger partial charge is 0.337 e. The van der Waals surface area contributed by atoms with Crippen LogP contribution in [0.5, 0.6) is 0 Å². The minimum Gasteiger partial charge on any atom is -0.337 e. The highest BCUT2D eigenvalue weighted by atomic mass is 19.1. The van der Waals surface area contributed by atoms with Crippen molar-refractivity contribution in [1.82, 2.24) is 24.6 Å². The molecule has 1 amide bonds. The Morgan fingerprint density at radius 3 is 2.58 bits per heavy atom. The molecule has 0 aliphatic carbocycles. The summed E-state index contributed by atoms with van der Waals surface area (Å²) in [7, 11) is 3.70. The van der Waals surface area contributed by atoms with Crippen LogP contribution in [0.3, 0.4) is 0 Å². The molecule has 2 aromatic heterocycles. The molecule has 0 radical (unpaired) electrons. The predicted molar refractivity (Wildman–Crippen MR) is 140 cm³/mol. The van der Waals surface area contributed by atoms with E-state index in [1.807, 2.05) is 19.0 Å². The zero-order valence-electron chi connectivity index (χ0n) is 23.3. The van der Waals surface area contributed by atoms with Gasteiger partial charge in [-0.3, -0.25) is 9.48 Å². The Labute approximate surface area is 221 Å². The van der Waals surface area contributed by atoms with Crippen molar-refractivity contribution >= 4 is 34.7 Å². The minimum atomic E-state index is -2.50. The van der Waals surface area contributed by atoms with E-state index in [1.165, 1.54) is 36.8 Å². The van der Waals surface area contributed by atoms with Crippen molar-refractivity contribution in [3.05, 3.63) is 84.6 Å². The van der Waals surface area contributed by atoms with E-state index in [0.717, 1.165) is 22.9 Å². The van der Waals surface area contributed by atoms with E-state index in [1.54, 1.807) is 6.08 Å². The Morgan fingerprint density at radius 1 is 1.08 bits per heavy atom. The number of anilines is 5. The molecule has 12 heteroatoms. The molecule has 0 atom stereocenters. The number of carbonyl (C=O) groups excluding carboxylic acids is 1. The molecule has 0 aliphatic heterocycles. The number of nitrogens with one attached hydrogen (secondary N) is 3. The summed E-state index contributed by atoms with van der Waals surface area (Å²) in [5.41, 5.74) is 0.624. The van der Waals surface area contributed by atoms with Crippen LogP contribution in [0.15, 0.2) is 67.1 Å². The highest BCUT2D eigenvalue weighted by Crippen LogP contribution is 2.32. The first-order chi connectivity index (χ1) is 19.4. The molecule has 196 valence electrons. The number of nitrogens with zero attached hydrogens (tertiary/aromatic N) is 5. The van der Waals surface area contributed by atoms with E-state index in [9.17, 15) is 18.0 Å². The van der Waals surface area contributed by atoms with Crippen molar-refractivity contribution in [3.8, 4) is 11.1 Å². The van der Waals surface area contributed by atoms with Crippen molar-refractivity contribution in [1.29, 1.82) is 0 Å². The van der Waals surface area contributed by atoms with E-state index >= 15 is 0 Å². The quantitative estimate of drug-likeness (QED) is 0.269. The molecule has 3 N–H and O–H groups in total. The number of aryl methyl sites for hydroxylation is 1. The van der Waals surface area contributed by atoms with Crippen molar-refractivity contribution in [2.75, 3.05) is 36.6 Å². The fourth-order valence-corrected chi connectivity index (χ4v) is 3.36. The molecule has 0 spiro atoms. The fraction of sp³-hybridized carbons (Fsp3) is 0.154. The van der Waals surface area contributed by atoms with Gasteiger partial charge in [0, 0.05) is 53.4 Å². The average molecular weight is 526 g/mol. The summed E-state index contributed by atoms with van der Waals surface area (Å²) in [5.74, 6) is -2.90. The van der Waals surface area contributed by atoms with E-state index in [4.69, 9.17) is 4.11 Å². The van der Waals surface area contributed by atoms with Gasteiger partial charge in [0.2, 0.25) is 11.9 Å². The van der Waals surface area contributed by atoms with Gasteiger partial charge >= 0.3 is 0 Å². The molecular formula is C26H25F3N8O. The van der Waals surface area contributed by atoms with Crippen molar-refractivity contribution in [2.45, 2.75) is 0 Å². The van der Waals surface area contributed by atoms with Crippen molar-refractivity contribution < 1.29 is 22.1 Å². The molecule has 2 aromatic carbocycles. The third kappa shape index (κ3) is 6.95. The lowest BCUT2D eigenvalue weighted by molar-refractivity contribution is -0.111. The number of hydrogen-bond donors (Lipinski definition) is 3. The van der Waals surface area contributed by atoms with Gasteiger partial charge in [-0.25, -0.2) is 18.2 Å². The van der Waals surface area contributed by atoms with Crippen LogP contribution in [0.2, 0.25) is 0 Å².